The highest BCUT2D eigenvalue weighted by Gasteiger charge is 2.27. The predicted octanol–water partition coefficient (Wildman–Crippen LogP) is 2.69. The van der Waals surface area contributed by atoms with E-state index in [9.17, 15) is 17.6 Å². The number of carbonyl (C=O) groups is 1. The third kappa shape index (κ3) is 3.72. The Kier molecular flexibility index (Phi) is 4.80. The molecule has 2 aromatic carbocycles. The Labute approximate surface area is 166 Å². The fourth-order valence-corrected chi connectivity index (χ4v) is 5.11. The van der Waals surface area contributed by atoms with Crippen LogP contribution in [0.2, 0.25) is 0 Å². The highest BCUT2D eigenvalue weighted by atomic mass is 32.2. The molecule has 1 aliphatic rings. The van der Waals surface area contributed by atoms with Crippen molar-refractivity contribution in [1.29, 1.82) is 0 Å². The predicted molar refractivity (Wildman–Crippen MR) is 107 cm³/mol. The summed E-state index contributed by atoms with van der Waals surface area (Å²) in [4.78, 5) is 20.9. The van der Waals surface area contributed by atoms with Gasteiger partial charge in [0.2, 0.25) is 5.91 Å². The van der Waals surface area contributed by atoms with Gasteiger partial charge in [-0.05, 0) is 29.8 Å². The maximum atomic E-state index is 13.0. The normalized spacial score (nSPS) is 15.4. The van der Waals surface area contributed by atoms with Gasteiger partial charge in [0.1, 0.15) is 11.3 Å². The number of anilines is 1. The smallest absolute Gasteiger partial charge is 0.242 e. The van der Waals surface area contributed by atoms with Gasteiger partial charge in [0.15, 0.2) is 15.0 Å². The number of thiazole rings is 1. The number of fused-ring (bicyclic) bond motifs is 1. The Morgan fingerprint density at radius 1 is 1.14 bits per heavy atom. The molecule has 0 spiro atoms. The Bertz CT molecular complexity index is 1140. The molecule has 0 radical (unpaired) electrons. The van der Waals surface area contributed by atoms with Crippen molar-refractivity contribution in [2.75, 3.05) is 30.8 Å². The maximum Gasteiger partial charge on any atom is 0.242 e. The zero-order valence-corrected chi connectivity index (χ0v) is 16.8. The van der Waals surface area contributed by atoms with Gasteiger partial charge in [-0.2, -0.15) is 0 Å². The number of sulfone groups is 1. The molecule has 28 heavy (non-hydrogen) atoms. The molecule has 1 aromatic heterocycles. The number of benzene rings is 2. The highest BCUT2D eigenvalue weighted by Crippen LogP contribution is 2.33. The molecule has 6 nitrogen and oxygen atoms in total. The molecule has 0 aliphatic carbocycles. The van der Waals surface area contributed by atoms with Crippen molar-refractivity contribution in [3.05, 3.63) is 53.8 Å². The summed E-state index contributed by atoms with van der Waals surface area (Å²) in [7, 11) is -3.38. The van der Waals surface area contributed by atoms with Crippen LogP contribution >= 0.6 is 11.3 Å². The van der Waals surface area contributed by atoms with Crippen molar-refractivity contribution in [3.8, 4) is 0 Å². The van der Waals surface area contributed by atoms with E-state index in [1.807, 2.05) is 11.0 Å². The molecular formula is C19H18FN3O3S2. The van der Waals surface area contributed by atoms with Crippen LogP contribution in [0.15, 0.2) is 47.4 Å². The number of aromatic nitrogens is 1. The number of nitrogens with zero attached hydrogens (tertiary/aromatic N) is 3. The van der Waals surface area contributed by atoms with E-state index in [-0.39, 0.29) is 23.2 Å². The van der Waals surface area contributed by atoms with Gasteiger partial charge in [0.05, 0.1) is 16.1 Å². The topological polar surface area (TPSA) is 70.6 Å². The van der Waals surface area contributed by atoms with Crippen LogP contribution < -0.4 is 4.90 Å². The highest BCUT2D eigenvalue weighted by molar-refractivity contribution is 7.91. The number of amides is 1. The van der Waals surface area contributed by atoms with Gasteiger partial charge in [-0.25, -0.2) is 17.8 Å². The fraction of sp³-hybridized carbons (Fsp3) is 0.263. The Balaban J connectivity index is 1.53. The van der Waals surface area contributed by atoms with Crippen LogP contribution in [0.3, 0.4) is 0 Å². The molecule has 2 heterocycles. The minimum Gasteiger partial charge on any atom is -0.337 e. The zero-order valence-electron chi connectivity index (χ0n) is 15.1. The van der Waals surface area contributed by atoms with Crippen molar-refractivity contribution in [1.82, 2.24) is 9.88 Å². The van der Waals surface area contributed by atoms with E-state index in [4.69, 9.17) is 0 Å². The van der Waals surface area contributed by atoms with E-state index >= 15 is 0 Å². The lowest BCUT2D eigenvalue weighted by Crippen LogP contribution is -2.50. The standard InChI is InChI=1S/C19H18FN3O3S2/c1-28(25,26)16-4-2-3-15-18(16)21-19(27-15)23-10-9-22(17(24)12-23)11-13-5-7-14(20)8-6-13/h2-8H,9-12H2,1H3. The van der Waals surface area contributed by atoms with Crippen LogP contribution in [-0.2, 0) is 21.2 Å². The molecule has 0 N–H and O–H groups in total. The second kappa shape index (κ2) is 7.14. The average molecular weight is 420 g/mol. The summed E-state index contributed by atoms with van der Waals surface area (Å²) in [5.41, 5.74) is 1.33. The van der Waals surface area contributed by atoms with Crippen LogP contribution in [0, 0.1) is 5.82 Å². The zero-order chi connectivity index (χ0) is 19.9. The van der Waals surface area contributed by atoms with E-state index in [1.54, 1.807) is 29.2 Å². The molecule has 0 unspecified atom stereocenters. The molecule has 1 amide bonds. The fourth-order valence-electron chi connectivity index (χ4n) is 3.20. The lowest BCUT2D eigenvalue weighted by atomic mass is 10.2. The number of carbonyl (C=O) groups excluding carboxylic acids is 1. The van der Waals surface area contributed by atoms with Crippen molar-refractivity contribution in [2.24, 2.45) is 0 Å². The molecule has 1 saturated heterocycles. The minimum atomic E-state index is -3.38. The second-order valence-corrected chi connectivity index (χ2v) is 9.73. The van der Waals surface area contributed by atoms with Crippen LogP contribution in [0.5, 0.6) is 0 Å². The molecule has 1 fully saturated rings. The number of hydrogen-bond donors (Lipinski definition) is 0. The summed E-state index contributed by atoms with van der Waals surface area (Å²) >= 11 is 1.38. The molecule has 0 bridgehead atoms. The summed E-state index contributed by atoms with van der Waals surface area (Å²) in [5.74, 6) is -0.345. The van der Waals surface area contributed by atoms with Crippen LogP contribution in [0.4, 0.5) is 9.52 Å². The van der Waals surface area contributed by atoms with Gasteiger partial charge in [0, 0.05) is 25.9 Å². The van der Waals surface area contributed by atoms with Gasteiger partial charge in [-0.1, -0.05) is 29.5 Å². The Morgan fingerprint density at radius 2 is 1.89 bits per heavy atom. The minimum absolute atomic E-state index is 0.0434. The van der Waals surface area contributed by atoms with Crippen molar-refractivity contribution in [3.63, 3.8) is 0 Å². The lowest BCUT2D eigenvalue weighted by molar-refractivity contribution is -0.131. The van der Waals surface area contributed by atoms with Crippen LogP contribution in [-0.4, -0.2) is 50.1 Å². The molecule has 146 valence electrons. The first kappa shape index (κ1) is 18.8. The molecule has 0 atom stereocenters. The van der Waals surface area contributed by atoms with E-state index < -0.39 is 9.84 Å². The monoisotopic (exact) mass is 419 g/mol. The number of para-hydroxylation sites is 1. The number of rotatable bonds is 4. The van der Waals surface area contributed by atoms with Gasteiger partial charge in [-0.15, -0.1) is 0 Å². The summed E-state index contributed by atoms with van der Waals surface area (Å²) < 4.78 is 37.8. The van der Waals surface area contributed by atoms with Crippen LogP contribution in [0.25, 0.3) is 10.2 Å². The maximum absolute atomic E-state index is 13.0. The SMILES string of the molecule is CS(=O)(=O)c1cccc2sc(N3CCN(Cc4ccc(F)cc4)C(=O)C3)nc12. The molecule has 1 aliphatic heterocycles. The van der Waals surface area contributed by atoms with E-state index in [0.29, 0.717) is 30.3 Å². The second-order valence-electron chi connectivity index (χ2n) is 6.73. The van der Waals surface area contributed by atoms with Crippen molar-refractivity contribution >= 4 is 42.4 Å². The quantitative estimate of drug-likeness (QED) is 0.650. The first-order chi connectivity index (χ1) is 13.3. The van der Waals surface area contributed by atoms with Crippen molar-refractivity contribution in [2.45, 2.75) is 11.4 Å². The van der Waals surface area contributed by atoms with E-state index in [2.05, 4.69) is 4.98 Å². The Morgan fingerprint density at radius 3 is 2.57 bits per heavy atom. The van der Waals surface area contributed by atoms with Gasteiger partial charge in [-0.3, -0.25) is 4.79 Å². The van der Waals surface area contributed by atoms with Gasteiger partial charge in [0.25, 0.3) is 0 Å². The molecule has 3 aromatic rings. The summed E-state index contributed by atoms with van der Waals surface area (Å²) in [5, 5.41) is 0.640. The summed E-state index contributed by atoms with van der Waals surface area (Å²) in [6.07, 6.45) is 1.17. The van der Waals surface area contributed by atoms with Gasteiger partial charge < -0.3 is 9.80 Å². The number of piperazine rings is 1. The molecule has 9 heteroatoms. The third-order valence-electron chi connectivity index (χ3n) is 4.65. The summed E-state index contributed by atoms with van der Waals surface area (Å²) in [6.45, 7) is 1.73. The Hall–Kier alpha value is -2.52. The summed E-state index contributed by atoms with van der Waals surface area (Å²) in [6, 6.07) is 11.2. The largest absolute Gasteiger partial charge is 0.337 e. The van der Waals surface area contributed by atoms with Crippen LogP contribution in [0.1, 0.15) is 5.56 Å². The number of hydrogen-bond acceptors (Lipinski definition) is 6. The van der Waals surface area contributed by atoms with E-state index in [0.717, 1.165) is 10.3 Å². The number of halogens is 1. The molecular weight excluding hydrogens is 401 g/mol. The molecule has 4 rings (SSSR count). The van der Waals surface area contributed by atoms with E-state index in [1.165, 1.54) is 29.7 Å². The van der Waals surface area contributed by atoms with Crippen molar-refractivity contribution < 1.29 is 17.6 Å². The average Bonchev–Trinajstić information content (AvgIpc) is 3.08. The van der Waals surface area contributed by atoms with Gasteiger partial charge >= 0.3 is 0 Å². The third-order valence-corrected chi connectivity index (χ3v) is 6.86. The lowest BCUT2D eigenvalue weighted by Gasteiger charge is -2.34. The first-order valence-corrected chi connectivity index (χ1v) is 11.4. The first-order valence-electron chi connectivity index (χ1n) is 8.68. The molecule has 0 saturated carbocycles.